The van der Waals surface area contributed by atoms with E-state index >= 15 is 0 Å². The zero-order valence-electron chi connectivity index (χ0n) is 11.2. The van der Waals surface area contributed by atoms with Crippen LogP contribution in [-0.2, 0) is 16.6 Å². The summed E-state index contributed by atoms with van der Waals surface area (Å²) in [6, 6.07) is 7.07. The maximum atomic E-state index is 12.2. The van der Waals surface area contributed by atoms with Crippen molar-refractivity contribution in [1.82, 2.24) is 9.62 Å². The van der Waals surface area contributed by atoms with Crippen LogP contribution < -0.4 is 10.5 Å². The van der Waals surface area contributed by atoms with E-state index in [1.165, 1.54) is 0 Å². The first-order chi connectivity index (χ1) is 9.03. The maximum absolute atomic E-state index is 12.2. The monoisotopic (exact) mass is 283 g/mol. The smallest absolute Gasteiger partial charge is 0.240 e. The second kappa shape index (κ2) is 6.00. The summed E-state index contributed by atoms with van der Waals surface area (Å²) in [5.41, 5.74) is 6.35. The molecule has 1 aliphatic heterocycles. The summed E-state index contributed by atoms with van der Waals surface area (Å²) in [5, 5.41) is 0. The van der Waals surface area contributed by atoms with Crippen molar-refractivity contribution in [2.75, 3.05) is 20.1 Å². The van der Waals surface area contributed by atoms with Crippen LogP contribution in [0.25, 0.3) is 0 Å². The van der Waals surface area contributed by atoms with Gasteiger partial charge in [-0.3, -0.25) is 0 Å². The lowest BCUT2D eigenvalue weighted by Crippen LogP contribution is -2.38. The Kier molecular flexibility index (Phi) is 4.57. The molecule has 1 atom stereocenters. The highest BCUT2D eigenvalue weighted by atomic mass is 32.2. The van der Waals surface area contributed by atoms with E-state index in [2.05, 4.69) is 9.62 Å². The van der Waals surface area contributed by atoms with E-state index in [1.54, 1.807) is 18.2 Å². The highest BCUT2D eigenvalue weighted by Gasteiger charge is 2.23. The van der Waals surface area contributed by atoms with Crippen LogP contribution in [0.5, 0.6) is 0 Å². The number of nitrogens with two attached hydrogens (primary N) is 1. The average Bonchev–Trinajstić information content (AvgIpc) is 2.82. The fourth-order valence-electron chi connectivity index (χ4n) is 2.37. The Balaban J connectivity index is 2.05. The van der Waals surface area contributed by atoms with E-state index in [0.717, 1.165) is 24.9 Å². The molecule has 2 rings (SSSR count). The first kappa shape index (κ1) is 14.5. The quantitative estimate of drug-likeness (QED) is 0.826. The summed E-state index contributed by atoms with van der Waals surface area (Å²) in [4.78, 5) is 2.48. The minimum Gasteiger partial charge on any atom is -0.326 e. The maximum Gasteiger partial charge on any atom is 0.240 e. The normalized spacial score (nSPS) is 20.8. The van der Waals surface area contributed by atoms with Crippen molar-refractivity contribution < 1.29 is 8.42 Å². The number of benzene rings is 1. The zero-order chi connectivity index (χ0) is 13.9. The number of hydrogen-bond donors (Lipinski definition) is 2. The van der Waals surface area contributed by atoms with Gasteiger partial charge in [-0.15, -0.1) is 0 Å². The van der Waals surface area contributed by atoms with Gasteiger partial charge in [-0.25, -0.2) is 13.1 Å². The van der Waals surface area contributed by atoms with Gasteiger partial charge in [-0.1, -0.05) is 12.1 Å². The van der Waals surface area contributed by atoms with E-state index in [1.807, 2.05) is 13.1 Å². The molecule has 1 unspecified atom stereocenters. The second-order valence-corrected chi connectivity index (χ2v) is 6.75. The molecule has 0 radical (unpaired) electrons. The molecule has 3 N–H and O–H groups in total. The first-order valence-electron chi connectivity index (χ1n) is 6.52. The Morgan fingerprint density at radius 2 is 2.26 bits per heavy atom. The van der Waals surface area contributed by atoms with Crippen LogP contribution in [0.3, 0.4) is 0 Å². The summed E-state index contributed by atoms with van der Waals surface area (Å²) in [5.74, 6) is 0. The number of hydrogen-bond acceptors (Lipinski definition) is 4. The summed E-state index contributed by atoms with van der Waals surface area (Å²) in [6.07, 6.45) is 2.17. The van der Waals surface area contributed by atoms with Gasteiger partial charge in [-0.2, -0.15) is 0 Å². The van der Waals surface area contributed by atoms with Crippen molar-refractivity contribution in [3.05, 3.63) is 29.8 Å². The van der Waals surface area contributed by atoms with Gasteiger partial charge in [0.2, 0.25) is 10.0 Å². The molecule has 0 aliphatic carbocycles. The molecule has 5 nitrogen and oxygen atoms in total. The molecule has 0 saturated carbocycles. The summed E-state index contributed by atoms with van der Waals surface area (Å²) in [6.45, 7) is 1.84. The van der Waals surface area contributed by atoms with Gasteiger partial charge < -0.3 is 10.6 Å². The molecule has 0 bridgehead atoms. The fourth-order valence-corrected chi connectivity index (χ4v) is 3.51. The summed E-state index contributed by atoms with van der Waals surface area (Å²) in [7, 11) is -1.41. The lowest BCUT2D eigenvalue weighted by molar-refractivity contribution is 0.311. The average molecular weight is 283 g/mol. The van der Waals surface area contributed by atoms with Crippen molar-refractivity contribution in [1.29, 1.82) is 0 Å². The van der Waals surface area contributed by atoms with Crippen LogP contribution in [0.2, 0.25) is 0 Å². The number of sulfonamides is 1. The zero-order valence-corrected chi connectivity index (χ0v) is 12.0. The Morgan fingerprint density at radius 1 is 1.47 bits per heavy atom. The molecule has 0 spiro atoms. The number of nitrogens with zero attached hydrogens (tertiary/aromatic N) is 1. The predicted molar refractivity (Wildman–Crippen MR) is 75.2 cm³/mol. The Hall–Kier alpha value is -0.950. The molecule has 1 saturated heterocycles. The summed E-state index contributed by atoms with van der Waals surface area (Å²) < 4.78 is 27.1. The lowest BCUT2D eigenvalue weighted by atomic mass is 10.2. The molecule has 1 aromatic rings. The van der Waals surface area contributed by atoms with Gasteiger partial charge in [0.1, 0.15) is 0 Å². The van der Waals surface area contributed by atoms with E-state index in [0.29, 0.717) is 19.1 Å². The molecule has 1 fully saturated rings. The van der Waals surface area contributed by atoms with Crippen molar-refractivity contribution in [3.8, 4) is 0 Å². The second-order valence-electron chi connectivity index (χ2n) is 4.98. The molecule has 1 aliphatic rings. The van der Waals surface area contributed by atoms with Gasteiger partial charge in [0.05, 0.1) is 4.90 Å². The van der Waals surface area contributed by atoms with E-state index < -0.39 is 10.0 Å². The molecule has 6 heteroatoms. The fraction of sp³-hybridized carbons (Fsp3) is 0.538. The third kappa shape index (κ3) is 3.54. The third-order valence-corrected chi connectivity index (χ3v) is 5.05. The highest BCUT2D eigenvalue weighted by molar-refractivity contribution is 7.89. The molecule has 1 heterocycles. The van der Waals surface area contributed by atoms with E-state index in [-0.39, 0.29) is 4.90 Å². The molecular formula is C13H21N3O2S. The largest absolute Gasteiger partial charge is 0.326 e. The van der Waals surface area contributed by atoms with Crippen molar-refractivity contribution in [2.24, 2.45) is 5.73 Å². The Bertz CT molecular complexity index is 530. The van der Waals surface area contributed by atoms with Gasteiger partial charge in [0, 0.05) is 19.1 Å². The molecule has 1 aromatic carbocycles. The van der Waals surface area contributed by atoms with Crippen LogP contribution in [0, 0.1) is 0 Å². The van der Waals surface area contributed by atoms with Crippen LogP contribution in [0.15, 0.2) is 29.2 Å². The van der Waals surface area contributed by atoms with Crippen LogP contribution in [-0.4, -0.2) is 39.5 Å². The first-order valence-corrected chi connectivity index (χ1v) is 8.00. The number of rotatable bonds is 5. The van der Waals surface area contributed by atoms with Crippen molar-refractivity contribution in [3.63, 3.8) is 0 Å². The predicted octanol–water partition coefficient (Wildman–Crippen LogP) is 0.518. The standard InChI is InChI=1S/C13H21N3O2S/c1-16-7-3-5-12(16)10-15-19(17,18)13-6-2-4-11(8-13)9-14/h2,4,6,8,12,15H,3,5,7,9-10,14H2,1H3. The third-order valence-electron chi connectivity index (χ3n) is 3.62. The van der Waals surface area contributed by atoms with E-state index in [9.17, 15) is 8.42 Å². The van der Waals surface area contributed by atoms with Crippen LogP contribution in [0.4, 0.5) is 0 Å². The Morgan fingerprint density at radius 3 is 2.89 bits per heavy atom. The number of likely N-dealkylation sites (tertiary alicyclic amines) is 1. The van der Waals surface area contributed by atoms with Crippen molar-refractivity contribution >= 4 is 10.0 Å². The Labute approximate surface area is 114 Å². The topological polar surface area (TPSA) is 75.4 Å². The van der Waals surface area contributed by atoms with Crippen molar-refractivity contribution in [2.45, 2.75) is 30.3 Å². The van der Waals surface area contributed by atoms with Gasteiger partial charge in [0.25, 0.3) is 0 Å². The molecule has 0 amide bonds. The van der Waals surface area contributed by atoms with E-state index in [4.69, 9.17) is 5.73 Å². The van der Waals surface area contributed by atoms with Crippen LogP contribution >= 0.6 is 0 Å². The SMILES string of the molecule is CN1CCCC1CNS(=O)(=O)c1cccc(CN)c1. The minimum absolute atomic E-state index is 0.288. The highest BCUT2D eigenvalue weighted by Crippen LogP contribution is 2.15. The summed E-state index contributed by atoms with van der Waals surface area (Å²) >= 11 is 0. The van der Waals surface area contributed by atoms with Gasteiger partial charge >= 0.3 is 0 Å². The number of likely N-dealkylation sites (N-methyl/N-ethyl adjacent to an activating group) is 1. The molecule has 19 heavy (non-hydrogen) atoms. The van der Waals surface area contributed by atoms with Gasteiger partial charge in [0.15, 0.2) is 0 Å². The van der Waals surface area contributed by atoms with Crippen LogP contribution in [0.1, 0.15) is 18.4 Å². The number of nitrogens with one attached hydrogen (secondary N) is 1. The molecular weight excluding hydrogens is 262 g/mol. The lowest BCUT2D eigenvalue weighted by Gasteiger charge is -2.19. The molecule has 0 aromatic heterocycles. The minimum atomic E-state index is -3.44. The van der Waals surface area contributed by atoms with Gasteiger partial charge in [-0.05, 0) is 44.1 Å². The molecule has 106 valence electrons.